The smallest absolute Gasteiger partial charge is 0.191 e. The van der Waals surface area contributed by atoms with Crippen LogP contribution in [-0.2, 0) is 9.84 Å². The van der Waals surface area contributed by atoms with E-state index in [0.717, 1.165) is 37.1 Å². The number of nitrogens with zero attached hydrogens (tertiary/aromatic N) is 1. The molecule has 0 amide bonds. The number of halogens is 1. The highest BCUT2D eigenvalue weighted by atomic mass is 127. The summed E-state index contributed by atoms with van der Waals surface area (Å²) in [5.74, 6) is 1.85. The fourth-order valence-electron chi connectivity index (χ4n) is 4.00. The van der Waals surface area contributed by atoms with E-state index in [4.69, 9.17) is 4.74 Å². The van der Waals surface area contributed by atoms with Gasteiger partial charge in [-0.2, -0.15) is 0 Å². The largest absolute Gasteiger partial charge is 0.487 e. The summed E-state index contributed by atoms with van der Waals surface area (Å²) in [5, 5.41) is 6.78. The summed E-state index contributed by atoms with van der Waals surface area (Å²) >= 11 is 0. The van der Waals surface area contributed by atoms with Crippen molar-refractivity contribution in [2.75, 3.05) is 24.6 Å². The van der Waals surface area contributed by atoms with E-state index in [9.17, 15) is 8.42 Å². The van der Waals surface area contributed by atoms with Crippen LogP contribution in [-0.4, -0.2) is 44.6 Å². The van der Waals surface area contributed by atoms with E-state index in [1.54, 1.807) is 6.92 Å². The number of hydrogen-bond donors (Lipinski definition) is 2. The van der Waals surface area contributed by atoms with E-state index >= 15 is 0 Å². The van der Waals surface area contributed by atoms with Gasteiger partial charge in [-0.05, 0) is 38.7 Å². The van der Waals surface area contributed by atoms with E-state index in [0.29, 0.717) is 5.96 Å². The van der Waals surface area contributed by atoms with Gasteiger partial charge >= 0.3 is 0 Å². The number of sulfone groups is 1. The number of aliphatic imine (C=N–C) groups is 1. The van der Waals surface area contributed by atoms with Crippen LogP contribution in [0.5, 0.6) is 5.75 Å². The van der Waals surface area contributed by atoms with Crippen LogP contribution < -0.4 is 15.4 Å². The number of fused-ring (bicyclic) bond motifs is 1. The molecule has 1 saturated carbocycles. The molecule has 1 aliphatic carbocycles. The Hall–Kier alpha value is -1.03. The number of rotatable bonds is 6. The highest BCUT2D eigenvalue weighted by Crippen LogP contribution is 2.46. The average Bonchev–Trinajstić information content (AvgIpc) is 3.09. The van der Waals surface area contributed by atoms with Gasteiger partial charge in [-0.25, -0.2) is 8.42 Å². The predicted molar refractivity (Wildman–Crippen MR) is 124 cm³/mol. The van der Waals surface area contributed by atoms with Gasteiger partial charge < -0.3 is 15.4 Å². The molecule has 3 rings (SSSR count). The van der Waals surface area contributed by atoms with Crippen LogP contribution in [0.4, 0.5) is 0 Å². The van der Waals surface area contributed by atoms with E-state index in [-0.39, 0.29) is 53.7 Å². The van der Waals surface area contributed by atoms with Gasteiger partial charge in [-0.3, -0.25) is 4.99 Å². The van der Waals surface area contributed by atoms with Crippen LogP contribution in [0.2, 0.25) is 0 Å². The SMILES string of the molecule is CCNC(=NCCS(=O)(=O)CC)NC1CC2(CCCC2)Oc2ccccc21.I. The topological polar surface area (TPSA) is 79.8 Å². The highest BCUT2D eigenvalue weighted by Gasteiger charge is 2.43. The third kappa shape index (κ3) is 5.75. The lowest BCUT2D eigenvalue weighted by Crippen LogP contribution is -2.46. The molecule has 1 aromatic rings. The summed E-state index contributed by atoms with van der Waals surface area (Å²) in [4.78, 5) is 4.50. The first-order valence-corrected chi connectivity index (χ1v) is 11.8. The Morgan fingerprint density at radius 2 is 1.96 bits per heavy atom. The zero-order chi connectivity index (χ0) is 19.3. The maximum absolute atomic E-state index is 11.7. The zero-order valence-corrected chi connectivity index (χ0v) is 19.9. The molecule has 1 aliphatic heterocycles. The van der Waals surface area contributed by atoms with Gasteiger partial charge in [-0.1, -0.05) is 25.1 Å². The van der Waals surface area contributed by atoms with Crippen molar-refractivity contribution in [3.63, 3.8) is 0 Å². The van der Waals surface area contributed by atoms with Crippen LogP contribution >= 0.6 is 24.0 Å². The monoisotopic (exact) mass is 521 g/mol. The van der Waals surface area contributed by atoms with Crippen LogP contribution in [0.1, 0.15) is 57.6 Å². The van der Waals surface area contributed by atoms with Gasteiger partial charge in [0.05, 0.1) is 18.3 Å². The molecular weight excluding hydrogens is 489 g/mol. The molecule has 8 heteroatoms. The Labute approximate surface area is 185 Å². The minimum Gasteiger partial charge on any atom is -0.487 e. The van der Waals surface area contributed by atoms with Crippen molar-refractivity contribution in [3.05, 3.63) is 29.8 Å². The van der Waals surface area contributed by atoms with Crippen molar-refractivity contribution >= 4 is 39.8 Å². The Bertz CT molecular complexity index is 777. The van der Waals surface area contributed by atoms with E-state index < -0.39 is 9.84 Å². The molecule has 1 atom stereocenters. The minimum atomic E-state index is -3.01. The first-order chi connectivity index (χ1) is 13.0. The van der Waals surface area contributed by atoms with Crippen molar-refractivity contribution in [1.82, 2.24) is 10.6 Å². The third-order valence-electron chi connectivity index (χ3n) is 5.48. The molecule has 1 unspecified atom stereocenters. The number of hydrogen-bond acceptors (Lipinski definition) is 4. The predicted octanol–water partition coefficient (Wildman–Crippen LogP) is 3.43. The first kappa shape index (κ1) is 23.3. The van der Waals surface area contributed by atoms with Crippen molar-refractivity contribution in [2.24, 2.45) is 4.99 Å². The number of nitrogens with one attached hydrogen (secondary N) is 2. The van der Waals surface area contributed by atoms with Crippen LogP contribution in [0, 0.1) is 0 Å². The molecule has 0 radical (unpaired) electrons. The lowest BCUT2D eigenvalue weighted by Gasteiger charge is -2.40. The molecule has 0 bridgehead atoms. The van der Waals surface area contributed by atoms with E-state index in [1.807, 2.05) is 25.1 Å². The molecule has 28 heavy (non-hydrogen) atoms. The fourth-order valence-corrected chi connectivity index (χ4v) is 4.66. The fraction of sp³-hybridized carbons (Fsp3) is 0.650. The second kappa shape index (κ2) is 10.1. The molecule has 1 spiro atoms. The molecule has 0 saturated heterocycles. The lowest BCUT2D eigenvalue weighted by molar-refractivity contribution is 0.0396. The second-order valence-corrected chi connectivity index (χ2v) is 9.90. The third-order valence-corrected chi connectivity index (χ3v) is 7.16. The maximum atomic E-state index is 11.7. The first-order valence-electron chi connectivity index (χ1n) is 10.0. The van der Waals surface area contributed by atoms with Crippen LogP contribution in [0.3, 0.4) is 0 Å². The van der Waals surface area contributed by atoms with Crippen molar-refractivity contribution in [1.29, 1.82) is 0 Å². The Morgan fingerprint density at radius 3 is 2.64 bits per heavy atom. The zero-order valence-electron chi connectivity index (χ0n) is 16.7. The molecular formula is C20H32IN3O3S. The van der Waals surface area contributed by atoms with Gasteiger partial charge in [0.1, 0.15) is 11.4 Å². The molecule has 0 aromatic heterocycles. The summed E-state index contributed by atoms with van der Waals surface area (Å²) in [6, 6.07) is 8.29. The lowest BCUT2D eigenvalue weighted by atomic mass is 9.86. The van der Waals surface area contributed by atoms with Gasteiger partial charge in [-0.15, -0.1) is 24.0 Å². The Morgan fingerprint density at radius 1 is 1.25 bits per heavy atom. The summed E-state index contributed by atoms with van der Waals surface area (Å²) in [7, 11) is -3.01. The summed E-state index contributed by atoms with van der Waals surface area (Å²) in [5.41, 5.74) is 1.05. The Balaban J connectivity index is 0.00000280. The van der Waals surface area contributed by atoms with Gasteiger partial charge in [0, 0.05) is 24.3 Å². The average molecular weight is 521 g/mol. The number of benzene rings is 1. The van der Waals surface area contributed by atoms with Gasteiger partial charge in [0.2, 0.25) is 0 Å². The Kier molecular flexibility index (Phi) is 8.42. The minimum absolute atomic E-state index is 0. The normalized spacial score (nSPS) is 20.8. The number of para-hydroxylation sites is 1. The van der Waals surface area contributed by atoms with E-state index in [1.165, 1.54) is 12.8 Å². The molecule has 6 nitrogen and oxygen atoms in total. The summed E-state index contributed by atoms with van der Waals surface area (Å²) < 4.78 is 29.9. The maximum Gasteiger partial charge on any atom is 0.191 e. The van der Waals surface area contributed by atoms with E-state index in [2.05, 4.69) is 21.7 Å². The quantitative estimate of drug-likeness (QED) is 0.341. The second-order valence-electron chi connectivity index (χ2n) is 7.43. The standard InChI is InChI=1S/C20H31N3O3S.HI/c1-3-21-19(22-13-14-27(24,25)4-2)23-17-15-20(11-7-8-12-20)26-18-10-6-5-9-16(17)18;/h5-6,9-10,17H,3-4,7-8,11-15H2,1-2H3,(H2,21,22,23);1H. The van der Waals surface area contributed by atoms with Crippen LogP contribution in [0.15, 0.2) is 29.3 Å². The number of ether oxygens (including phenoxy) is 1. The van der Waals surface area contributed by atoms with Crippen molar-refractivity contribution in [3.8, 4) is 5.75 Å². The molecule has 1 heterocycles. The van der Waals surface area contributed by atoms with Gasteiger partial charge in [0.15, 0.2) is 15.8 Å². The molecule has 2 N–H and O–H groups in total. The highest BCUT2D eigenvalue weighted by molar-refractivity contribution is 14.0. The molecule has 158 valence electrons. The number of guanidine groups is 1. The summed E-state index contributed by atoms with van der Waals surface area (Å²) in [6.07, 6.45) is 5.49. The van der Waals surface area contributed by atoms with Crippen molar-refractivity contribution < 1.29 is 13.2 Å². The van der Waals surface area contributed by atoms with Gasteiger partial charge in [0.25, 0.3) is 0 Å². The molecule has 2 aliphatic rings. The van der Waals surface area contributed by atoms with Crippen LogP contribution in [0.25, 0.3) is 0 Å². The summed E-state index contributed by atoms with van der Waals surface area (Å²) in [6.45, 7) is 4.67. The molecule has 1 aromatic carbocycles. The molecule has 1 fully saturated rings. The van der Waals surface area contributed by atoms with Crippen molar-refractivity contribution in [2.45, 2.75) is 57.6 Å².